The molecule has 3 rings (SSSR count). The van der Waals surface area contributed by atoms with Gasteiger partial charge in [-0.1, -0.05) is 0 Å². The van der Waals surface area contributed by atoms with Crippen LogP contribution in [0, 0.1) is 11.3 Å². The summed E-state index contributed by atoms with van der Waals surface area (Å²) in [6, 6.07) is 0. The van der Waals surface area contributed by atoms with Crippen molar-refractivity contribution < 1.29 is 18.3 Å². The maximum absolute atomic E-state index is 12.0. The molecule has 0 saturated carbocycles. The number of carbonyl (C=O) groups is 1. The normalized spacial score (nSPS) is 30.0. The lowest BCUT2D eigenvalue weighted by molar-refractivity contribution is -0.150. The molecule has 2 aliphatic rings. The molecular weight excluding hydrogens is 326 g/mol. The average Bonchev–Trinajstić information content (AvgIpc) is 3.02. The molecule has 0 radical (unpaired) electrons. The first-order valence-electron chi connectivity index (χ1n) is 7.16. The second kappa shape index (κ2) is 5.47. The van der Waals surface area contributed by atoms with Crippen LogP contribution in [-0.2, 0) is 14.8 Å². The third kappa shape index (κ3) is 2.61. The van der Waals surface area contributed by atoms with Crippen LogP contribution in [0.1, 0.15) is 12.8 Å². The highest BCUT2D eigenvalue weighted by atomic mass is 32.2. The molecule has 1 N–H and O–H groups in total. The fourth-order valence-electron chi connectivity index (χ4n) is 3.57. The molecule has 9 heteroatoms. The highest BCUT2D eigenvalue weighted by Crippen LogP contribution is 2.44. The van der Waals surface area contributed by atoms with E-state index >= 15 is 0 Å². The molecule has 2 atom stereocenters. The number of thiazole rings is 1. The number of nitrogens with zero attached hydrogens (tertiary/aromatic N) is 3. The van der Waals surface area contributed by atoms with Crippen LogP contribution >= 0.6 is 11.3 Å². The first-order valence-corrected chi connectivity index (χ1v) is 9.89. The van der Waals surface area contributed by atoms with Gasteiger partial charge < -0.3 is 10.0 Å². The van der Waals surface area contributed by atoms with Gasteiger partial charge in [0.05, 0.1) is 11.7 Å². The van der Waals surface area contributed by atoms with Crippen LogP contribution < -0.4 is 4.90 Å². The minimum atomic E-state index is -3.30. The largest absolute Gasteiger partial charge is 0.481 e. The van der Waals surface area contributed by atoms with Crippen molar-refractivity contribution in [2.75, 3.05) is 37.3 Å². The first kappa shape index (κ1) is 15.7. The fraction of sp³-hybridized carbons (Fsp3) is 0.692. The van der Waals surface area contributed by atoms with E-state index in [0.717, 1.165) is 5.13 Å². The van der Waals surface area contributed by atoms with Gasteiger partial charge in [0.15, 0.2) is 5.13 Å². The lowest BCUT2D eigenvalue weighted by atomic mass is 9.75. The van der Waals surface area contributed by atoms with E-state index in [0.29, 0.717) is 32.5 Å². The van der Waals surface area contributed by atoms with Gasteiger partial charge in [0.25, 0.3) is 0 Å². The SMILES string of the molecule is CS(=O)(=O)N1CCC[C@]2(C(=O)O)CN(c3nccs3)C[C@@H]2C1. The molecule has 3 heterocycles. The van der Waals surface area contributed by atoms with E-state index in [1.807, 2.05) is 10.3 Å². The maximum atomic E-state index is 12.0. The molecule has 1 aromatic heterocycles. The van der Waals surface area contributed by atoms with Crippen molar-refractivity contribution in [2.45, 2.75) is 12.8 Å². The number of aliphatic carboxylic acids is 1. The first-order chi connectivity index (χ1) is 10.3. The molecule has 7 nitrogen and oxygen atoms in total. The highest BCUT2D eigenvalue weighted by Gasteiger charge is 2.54. The number of anilines is 1. The average molecular weight is 345 g/mol. The van der Waals surface area contributed by atoms with Gasteiger partial charge in [-0.3, -0.25) is 4.79 Å². The zero-order chi connectivity index (χ0) is 16.0. The van der Waals surface area contributed by atoms with Crippen molar-refractivity contribution in [3.8, 4) is 0 Å². The van der Waals surface area contributed by atoms with Gasteiger partial charge in [-0.15, -0.1) is 11.3 Å². The van der Waals surface area contributed by atoms with Crippen molar-refractivity contribution >= 4 is 32.5 Å². The Bertz CT molecular complexity index is 661. The Balaban J connectivity index is 1.92. The van der Waals surface area contributed by atoms with E-state index in [1.165, 1.54) is 21.9 Å². The predicted octanol–water partition coefficient (Wildman–Crippen LogP) is 0.706. The van der Waals surface area contributed by atoms with Crippen molar-refractivity contribution in [2.24, 2.45) is 11.3 Å². The Hall–Kier alpha value is -1.19. The quantitative estimate of drug-likeness (QED) is 0.867. The van der Waals surface area contributed by atoms with Crippen LogP contribution in [0.3, 0.4) is 0 Å². The number of hydrogen-bond donors (Lipinski definition) is 1. The van der Waals surface area contributed by atoms with Gasteiger partial charge in [-0.05, 0) is 12.8 Å². The molecule has 1 aromatic rings. The third-order valence-corrected chi connectivity index (χ3v) is 6.84. The van der Waals surface area contributed by atoms with E-state index in [-0.39, 0.29) is 12.5 Å². The summed E-state index contributed by atoms with van der Waals surface area (Å²) >= 11 is 1.48. The van der Waals surface area contributed by atoms with Gasteiger partial charge in [-0.2, -0.15) is 0 Å². The van der Waals surface area contributed by atoms with E-state index in [2.05, 4.69) is 4.98 Å². The molecule has 0 unspecified atom stereocenters. The Morgan fingerprint density at radius 3 is 2.86 bits per heavy atom. The van der Waals surface area contributed by atoms with E-state index in [4.69, 9.17) is 0 Å². The number of hydrogen-bond acceptors (Lipinski definition) is 6. The van der Waals surface area contributed by atoms with Crippen molar-refractivity contribution in [3.63, 3.8) is 0 Å². The van der Waals surface area contributed by atoms with Gasteiger partial charge >= 0.3 is 5.97 Å². The summed E-state index contributed by atoms with van der Waals surface area (Å²) in [6.07, 6.45) is 3.96. The lowest BCUT2D eigenvalue weighted by Crippen LogP contribution is -2.42. The lowest BCUT2D eigenvalue weighted by Gasteiger charge is -2.28. The summed E-state index contributed by atoms with van der Waals surface area (Å²) in [6.45, 7) is 1.61. The third-order valence-electron chi connectivity index (χ3n) is 4.73. The van der Waals surface area contributed by atoms with Gasteiger partial charge in [-0.25, -0.2) is 17.7 Å². The van der Waals surface area contributed by atoms with Crippen LogP contribution in [0.2, 0.25) is 0 Å². The number of aromatic nitrogens is 1. The molecule has 0 aliphatic carbocycles. The Morgan fingerprint density at radius 1 is 1.50 bits per heavy atom. The van der Waals surface area contributed by atoms with Crippen LogP contribution in [-0.4, -0.2) is 61.2 Å². The molecule has 0 bridgehead atoms. The molecule has 0 amide bonds. The molecule has 0 spiro atoms. The number of sulfonamides is 1. The minimum absolute atomic E-state index is 0.217. The van der Waals surface area contributed by atoms with E-state index < -0.39 is 21.4 Å². The van der Waals surface area contributed by atoms with E-state index in [9.17, 15) is 18.3 Å². The summed E-state index contributed by atoms with van der Waals surface area (Å²) in [5.41, 5.74) is -0.884. The topological polar surface area (TPSA) is 90.8 Å². The Morgan fingerprint density at radius 2 is 2.27 bits per heavy atom. The summed E-state index contributed by atoms with van der Waals surface area (Å²) in [4.78, 5) is 18.2. The molecule has 122 valence electrons. The van der Waals surface area contributed by atoms with Crippen molar-refractivity contribution in [3.05, 3.63) is 11.6 Å². The highest BCUT2D eigenvalue weighted by molar-refractivity contribution is 7.88. The number of carboxylic acids is 1. The molecule has 2 aliphatic heterocycles. The zero-order valence-corrected chi connectivity index (χ0v) is 13.9. The summed E-state index contributed by atoms with van der Waals surface area (Å²) in [7, 11) is -3.30. The Labute approximate surface area is 133 Å². The van der Waals surface area contributed by atoms with Crippen LogP contribution in [0.15, 0.2) is 11.6 Å². The predicted molar refractivity (Wildman–Crippen MR) is 83.5 cm³/mol. The summed E-state index contributed by atoms with van der Waals surface area (Å²) in [5.74, 6) is -1.04. The molecule has 0 aromatic carbocycles. The molecule has 2 fully saturated rings. The smallest absolute Gasteiger partial charge is 0.311 e. The standard InChI is InChI=1S/C13H19N3O4S2/c1-22(19,20)16-5-2-3-13(11(17)18)9-15(7-10(13)8-16)12-14-4-6-21-12/h4,6,10H,2-3,5,7-9H2,1H3,(H,17,18)/t10-,13+/m1/s1. The summed E-state index contributed by atoms with van der Waals surface area (Å²) < 4.78 is 25.2. The second-order valence-electron chi connectivity index (χ2n) is 6.08. The van der Waals surface area contributed by atoms with E-state index in [1.54, 1.807) is 6.20 Å². The Kier molecular flexibility index (Phi) is 3.90. The van der Waals surface area contributed by atoms with Gasteiger partial charge in [0.2, 0.25) is 10.0 Å². The van der Waals surface area contributed by atoms with Gasteiger partial charge in [0, 0.05) is 43.7 Å². The van der Waals surface area contributed by atoms with Crippen molar-refractivity contribution in [1.82, 2.24) is 9.29 Å². The molecule has 2 saturated heterocycles. The summed E-state index contributed by atoms with van der Waals surface area (Å²) in [5, 5.41) is 12.5. The number of carboxylic acid groups (broad SMARTS) is 1. The second-order valence-corrected chi connectivity index (χ2v) is 8.93. The number of fused-ring (bicyclic) bond motifs is 1. The fourth-order valence-corrected chi connectivity index (χ4v) is 5.13. The van der Waals surface area contributed by atoms with Crippen molar-refractivity contribution in [1.29, 1.82) is 0 Å². The van der Waals surface area contributed by atoms with Gasteiger partial charge in [0.1, 0.15) is 0 Å². The maximum Gasteiger partial charge on any atom is 0.311 e. The molecular formula is C13H19N3O4S2. The zero-order valence-electron chi connectivity index (χ0n) is 12.3. The van der Waals surface area contributed by atoms with Crippen LogP contribution in [0.5, 0.6) is 0 Å². The van der Waals surface area contributed by atoms with Crippen LogP contribution in [0.4, 0.5) is 5.13 Å². The van der Waals surface area contributed by atoms with Crippen LogP contribution in [0.25, 0.3) is 0 Å². The molecule has 22 heavy (non-hydrogen) atoms. The number of rotatable bonds is 3. The monoisotopic (exact) mass is 345 g/mol. The minimum Gasteiger partial charge on any atom is -0.481 e.